The van der Waals surface area contributed by atoms with Gasteiger partial charge in [-0.3, -0.25) is 14.4 Å². The lowest BCUT2D eigenvalue weighted by Gasteiger charge is -2.25. The second-order valence-corrected chi connectivity index (χ2v) is 10.2. The number of halogens is 3. The molecule has 0 aliphatic rings. The van der Waals surface area contributed by atoms with Gasteiger partial charge in [0.1, 0.15) is 0 Å². The molecule has 8 nitrogen and oxygen atoms in total. The Labute approximate surface area is 232 Å². The summed E-state index contributed by atoms with van der Waals surface area (Å²) >= 11 is 5.97. The number of esters is 2. The number of nitrogens with one attached hydrogen (secondary N) is 1. The van der Waals surface area contributed by atoms with Crippen LogP contribution in [-0.4, -0.2) is 37.1 Å². The number of hydrogen-bond acceptors (Lipinski definition) is 6. The average Bonchev–Trinajstić information content (AvgIpc) is 2.71. The molecule has 1 unspecified atom stereocenters. The third kappa shape index (κ3) is 7.24. The number of carbonyl (C=O) groups excluding carboxylic acids is 4. The molecule has 0 radical (unpaired) electrons. The summed E-state index contributed by atoms with van der Waals surface area (Å²) < 4.78 is 12.4. The molecule has 0 bridgehead atoms. The maximum atomic E-state index is 13.3. The van der Waals surface area contributed by atoms with Gasteiger partial charge in [0.15, 0.2) is 0 Å². The Kier molecular flexibility index (Phi) is 10.3. The van der Waals surface area contributed by atoms with Crippen LogP contribution >= 0.6 is 67.8 Å². The van der Waals surface area contributed by atoms with Gasteiger partial charge in [0.2, 0.25) is 11.8 Å². The average molecular weight is 790 g/mol. The predicted octanol–water partition coefficient (Wildman–Crippen LogP) is 4.73. The lowest BCUT2D eigenvalue weighted by Crippen LogP contribution is -2.29. The fraction of sp³-hybridized carbons (Fsp3) is 0.273. The first-order chi connectivity index (χ1) is 15.4. The number of benzene rings is 2. The fourth-order valence-corrected chi connectivity index (χ4v) is 7.45. The van der Waals surface area contributed by atoms with Crippen molar-refractivity contribution in [2.75, 3.05) is 17.3 Å². The number of amides is 2. The predicted molar refractivity (Wildman–Crippen MR) is 149 cm³/mol. The fourth-order valence-electron chi connectivity index (χ4n) is 2.85. The Morgan fingerprint density at radius 3 is 2.06 bits per heavy atom. The van der Waals surface area contributed by atoms with E-state index in [1.807, 2.05) is 98.1 Å². The van der Waals surface area contributed by atoms with Gasteiger partial charge in [-0.2, -0.15) is 0 Å². The van der Waals surface area contributed by atoms with E-state index in [4.69, 9.17) is 9.47 Å². The highest BCUT2D eigenvalue weighted by Crippen LogP contribution is 2.41. The van der Waals surface area contributed by atoms with Crippen LogP contribution in [0.5, 0.6) is 0 Å². The first-order valence-electron chi connectivity index (χ1n) is 9.58. The molecule has 0 heterocycles. The van der Waals surface area contributed by atoms with Crippen LogP contribution in [0.1, 0.15) is 36.7 Å². The summed E-state index contributed by atoms with van der Waals surface area (Å²) in [5.74, 6) is -1.91. The Morgan fingerprint density at radius 1 is 0.939 bits per heavy atom. The molecule has 1 atom stereocenters. The van der Waals surface area contributed by atoms with Gasteiger partial charge in [-0.15, -0.1) is 0 Å². The quantitative estimate of drug-likeness (QED) is 0.248. The normalized spacial score (nSPS) is 11.4. The number of ether oxygens (including phenoxy) is 2. The Hall–Kier alpha value is -1.49. The van der Waals surface area contributed by atoms with E-state index < -0.39 is 18.2 Å². The molecule has 2 aromatic carbocycles. The Morgan fingerprint density at radius 2 is 1.55 bits per heavy atom. The van der Waals surface area contributed by atoms with E-state index in [9.17, 15) is 19.2 Å². The van der Waals surface area contributed by atoms with Crippen LogP contribution in [0.3, 0.4) is 0 Å². The van der Waals surface area contributed by atoms with Crippen molar-refractivity contribution in [2.24, 2.45) is 0 Å². The summed E-state index contributed by atoms with van der Waals surface area (Å²) in [5, 5.41) is 2.74. The first-order valence-corrected chi connectivity index (χ1v) is 12.8. The van der Waals surface area contributed by atoms with Gasteiger partial charge in [0.05, 0.1) is 27.6 Å². The topological polar surface area (TPSA) is 102 Å². The van der Waals surface area contributed by atoms with E-state index in [0.29, 0.717) is 22.1 Å². The van der Waals surface area contributed by atoms with Crippen LogP contribution in [0.2, 0.25) is 0 Å². The molecule has 0 spiro atoms. The van der Waals surface area contributed by atoms with Crippen molar-refractivity contribution >= 4 is 103 Å². The summed E-state index contributed by atoms with van der Waals surface area (Å²) in [5.41, 5.74) is 1.84. The van der Waals surface area contributed by atoms with E-state index in [0.717, 1.165) is 5.56 Å². The minimum atomic E-state index is -1.15. The van der Waals surface area contributed by atoms with Gasteiger partial charge in [0.25, 0.3) is 6.29 Å². The number of rotatable bonds is 7. The molecule has 0 aliphatic carbocycles. The molecule has 33 heavy (non-hydrogen) atoms. The molecule has 176 valence electrons. The highest BCUT2D eigenvalue weighted by atomic mass is 127. The minimum Gasteiger partial charge on any atom is -0.425 e. The van der Waals surface area contributed by atoms with Crippen molar-refractivity contribution < 1.29 is 28.7 Å². The molecule has 2 aromatic rings. The summed E-state index contributed by atoms with van der Waals surface area (Å²) in [4.78, 5) is 50.3. The second-order valence-electron chi connectivity index (χ2n) is 6.93. The van der Waals surface area contributed by atoms with Crippen molar-refractivity contribution in [3.63, 3.8) is 0 Å². The number of hydrogen-bond donors (Lipinski definition) is 1. The molecule has 0 aromatic heterocycles. The maximum Gasteiger partial charge on any atom is 0.343 e. The molecule has 0 saturated carbocycles. The Bertz CT molecular complexity index is 1090. The van der Waals surface area contributed by atoms with Gasteiger partial charge in [-0.25, -0.2) is 4.79 Å². The van der Waals surface area contributed by atoms with E-state index in [1.165, 1.54) is 25.7 Å². The van der Waals surface area contributed by atoms with Crippen molar-refractivity contribution in [3.05, 3.63) is 52.2 Å². The monoisotopic (exact) mass is 790 g/mol. The van der Waals surface area contributed by atoms with Gasteiger partial charge < -0.3 is 19.7 Å². The molecule has 1 N–H and O–H groups in total. The zero-order valence-corrected chi connectivity index (χ0v) is 24.7. The van der Waals surface area contributed by atoms with Gasteiger partial charge in [-0.05, 0) is 73.3 Å². The van der Waals surface area contributed by atoms with Crippen molar-refractivity contribution in [1.29, 1.82) is 0 Å². The largest absolute Gasteiger partial charge is 0.425 e. The highest BCUT2D eigenvalue weighted by molar-refractivity contribution is 14.1. The summed E-state index contributed by atoms with van der Waals surface area (Å²) in [6.45, 7) is 3.99. The number of anilines is 2. The number of nitrogens with zero attached hydrogens (tertiary/aromatic N) is 1. The van der Waals surface area contributed by atoms with Crippen LogP contribution in [0, 0.1) is 10.7 Å². The van der Waals surface area contributed by atoms with Crippen LogP contribution in [-0.2, 0) is 30.3 Å². The van der Waals surface area contributed by atoms with E-state index in [1.54, 1.807) is 7.05 Å². The smallest absolute Gasteiger partial charge is 0.343 e. The molecule has 0 saturated heterocycles. The summed E-state index contributed by atoms with van der Waals surface area (Å²) in [6, 6.07) is 9.17. The molecule has 11 heteroatoms. The lowest BCUT2D eigenvalue weighted by atomic mass is 10.1. The standard InChI is InChI=1S/C22H21I3N2O6/c1-11(28)26-20-17(23)16(18(24)21(19(20)25)27(4)12(2)29)22(31)33-15(32-13(3)30)10-14-8-6-5-7-9-14/h5-9,15H,10H2,1-4H3,(H,26,28). The highest BCUT2D eigenvalue weighted by Gasteiger charge is 2.30. The molecule has 2 rings (SSSR count). The lowest BCUT2D eigenvalue weighted by molar-refractivity contribution is -0.165. The van der Waals surface area contributed by atoms with Crippen molar-refractivity contribution in [2.45, 2.75) is 33.5 Å². The van der Waals surface area contributed by atoms with Crippen LogP contribution < -0.4 is 10.2 Å². The molecule has 0 fully saturated rings. The van der Waals surface area contributed by atoms with Crippen LogP contribution in [0.25, 0.3) is 0 Å². The molecule has 2 amide bonds. The van der Waals surface area contributed by atoms with Gasteiger partial charge >= 0.3 is 11.9 Å². The van der Waals surface area contributed by atoms with Crippen LogP contribution in [0.15, 0.2) is 30.3 Å². The molecule has 0 aliphatic heterocycles. The third-order valence-corrected chi connectivity index (χ3v) is 7.57. The summed E-state index contributed by atoms with van der Waals surface area (Å²) in [7, 11) is 1.58. The molecular formula is C22H21I3N2O6. The van der Waals surface area contributed by atoms with Gasteiger partial charge in [0, 0.05) is 34.2 Å². The third-order valence-electron chi connectivity index (χ3n) is 4.39. The second kappa shape index (κ2) is 12.3. The SMILES string of the molecule is CC(=O)Nc1c(I)c(C(=O)OC(Cc2ccccc2)OC(C)=O)c(I)c(N(C)C(C)=O)c1I. The van der Waals surface area contributed by atoms with E-state index >= 15 is 0 Å². The van der Waals surface area contributed by atoms with Crippen molar-refractivity contribution in [3.8, 4) is 0 Å². The molecular weight excluding hydrogens is 769 g/mol. The van der Waals surface area contributed by atoms with Crippen molar-refractivity contribution in [1.82, 2.24) is 0 Å². The van der Waals surface area contributed by atoms with Crippen LogP contribution in [0.4, 0.5) is 11.4 Å². The first kappa shape index (κ1) is 27.8. The zero-order chi connectivity index (χ0) is 24.9. The summed E-state index contributed by atoms with van der Waals surface area (Å²) in [6.07, 6.45) is -0.982. The Balaban J connectivity index is 2.56. The zero-order valence-electron chi connectivity index (χ0n) is 18.2. The maximum absolute atomic E-state index is 13.3. The number of carbonyl (C=O) groups is 4. The van der Waals surface area contributed by atoms with Gasteiger partial charge in [-0.1, -0.05) is 30.3 Å². The van der Waals surface area contributed by atoms with E-state index in [2.05, 4.69) is 5.32 Å². The van der Waals surface area contributed by atoms with E-state index in [-0.39, 0.29) is 23.8 Å². The minimum absolute atomic E-state index is 0.161.